The fourth-order valence-electron chi connectivity index (χ4n) is 2.73. The lowest BCUT2D eigenvalue weighted by Crippen LogP contribution is -2.29. The zero-order chi connectivity index (χ0) is 16.4. The van der Waals surface area contributed by atoms with Crippen molar-refractivity contribution in [3.05, 3.63) is 41.5 Å². The van der Waals surface area contributed by atoms with Gasteiger partial charge in [-0.2, -0.15) is 0 Å². The molecular weight excluding hydrogens is 290 g/mol. The first-order chi connectivity index (χ1) is 10.9. The zero-order valence-electron chi connectivity index (χ0n) is 13.9. The third-order valence-corrected chi connectivity index (χ3v) is 4.10. The summed E-state index contributed by atoms with van der Waals surface area (Å²) >= 11 is 0. The van der Waals surface area contributed by atoms with Gasteiger partial charge in [0.15, 0.2) is 5.82 Å². The van der Waals surface area contributed by atoms with Crippen LogP contribution in [0.5, 0.6) is 0 Å². The zero-order valence-corrected chi connectivity index (χ0v) is 13.9. The fraction of sp³-hybridized carbons (Fsp3) is 0.471. The molecule has 0 fully saturated rings. The minimum atomic E-state index is -0.233. The smallest absolute Gasteiger partial charge is 0.319 e. The second-order valence-electron chi connectivity index (χ2n) is 6.92. The van der Waals surface area contributed by atoms with E-state index < -0.39 is 0 Å². The number of benzene rings is 1. The number of nitrogens with one attached hydrogen (secondary N) is 2. The molecule has 2 N–H and O–H groups in total. The first-order valence-corrected chi connectivity index (χ1v) is 8.00. The molecule has 0 radical (unpaired) electrons. The van der Waals surface area contributed by atoms with Gasteiger partial charge in [-0.15, -0.1) is 10.2 Å². The predicted octanol–water partition coefficient (Wildman–Crippen LogP) is 2.84. The van der Waals surface area contributed by atoms with E-state index in [0.29, 0.717) is 6.54 Å². The molecule has 3 rings (SSSR count). The molecule has 122 valence electrons. The van der Waals surface area contributed by atoms with Crippen LogP contribution < -0.4 is 10.6 Å². The fourth-order valence-corrected chi connectivity index (χ4v) is 2.73. The van der Waals surface area contributed by atoms with Gasteiger partial charge in [-0.05, 0) is 29.5 Å². The average molecular weight is 313 g/mol. The Balaban J connectivity index is 1.55. The minimum absolute atomic E-state index is 0.106. The first-order valence-electron chi connectivity index (χ1n) is 8.00. The van der Waals surface area contributed by atoms with E-state index >= 15 is 0 Å². The van der Waals surface area contributed by atoms with E-state index in [1.165, 1.54) is 5.56 Å². The summed E-state index contributed by atoms with van der Waals surface area (Å²) in [7, 11) is 0. The Hall–Kier alpha value is -2.37. The van der Waals surface area contributed by atoms with Gasteiger partial charge in [-0.3, -0.25) is 0 Å². The lowest BCUT2D eigenvalue weighted by Gasteiger charge is -2.19. The third-order valence-electron chi connectivity index (χ3n) is 4.10. The Kier molecular flexibility index (Phi) is 4.07. The van der Waals surface area contributed by atoms with Gasteiger partial charge in [-0.25, -0.2) is 4.79 Å². The van der Waals surface area contributed by atoms with E-state index in [2.05, 4.69) is 46.2 Å². The Bertz CT molecular complexity index is 697. The number of anilines is 1. The number of aryl methyl sites for hydroxylation is 1. The highest BCUT2D eigenvalue weighted by atomic mass is 16.2. The SMILES string of the molecule is CC(C)(C)c1ccc(NC(=O)NCc2nnc3n2CCC3)cc1. The summed E-state index contributed by atoms with van der Waals surface area (Å²) in [6, 6.07) is 7.70. The third kappa shape index (κ3) is 3.52. The Labute approximate surface area is 136 Å². The van der Waals surface area contributed by atoms with Crippen molar-refractivity contribution in [1.82, 2.24) is 20.1 Å². The van der Waals surface area contributed by atoms with Crippen molar-refractivity contribution in [3.63, 3.8) is 0 Å². The number of amides is 2. The number of nitrogens with zero attached hydrogens (tertiary/aromatic N) is 3. The van der Waals surface area contributed by atoms with Crippen LogP contribution in [0.25, 0.3) is 0 Å². The standard InChI is InChI=1S/C17H23N5O/c1-17(2,3)12-6-8-13(9-7-12)19-16(23)18-11-15-21-20-14-5-4-10-22(14)15/h6-9H,4-5,10-11H2,1-3H3,(H2,18,19,23). The van der Waals surface area contributed by atoms with Gasteiger partial charge in [0.05, 0.1) is 6.54 Å². The summed E-state index contributed by atoms with van der Waals surface area (Å²) in [6.07, 6.45) is 2.07. The largest absolute Gasteiger partial charge is 0.331 e. The van der Waals surface area contributed by atoms with Crippen molar-refractivity contribution in [2.24, 2.45) is 0 Å². The highest BCUT2D eigenvalue weighted by Crippen LogP contribution is 2.23. The molecule has 1 aromatic heterocycles. The van der Waals surface area contributed by atoms with Gasteiger partial charge in [0, 0.05) is 18.7 Å². The molecule has 1 aliphatic rings. The second kappa shape index (κ2) is 6.02. The lowest BCUT2D eigenvalue weighted by molar-refractivity contribution is 0.251. The molecule has 23 heavy (non-hydrogen) atoms. The van der Waals surface area contributed by atoms with Crippen LogP contribution in [-0.2, 0) is 24.9 Å². The van der Waals surface area contributed by atoms with Crippen molar-refractivity contribution in [3.8, 4) is 0 Å². The number of aromatic nitrogens is 3. The molecule has 2 heterocycles. The molecule has 1 aromatic carbocycles. The number of hydrogen-bond donors (Lipinski definition) is 2. The quantitative estimate of drug-likeness (QED) is 0.915. The van der Waals surface area contributed by atoms with Gasteiger partial charge in [0.2, 0.25) is 0 Å². The molecule has 2 aromatic rings. The van der Waals surface area contributed by atoms with Crippen LogP contribution in [0.1, 0.15) is 44.4 Å². The Morgan fingerprint density at radius 3 is 2.65 bits per heavy atom. The van der Waals surface area contributed by atoms with E-state index in [-0.39, 0.29) is 11.4 Å². The summed E-state index contributed by atoms with van der Waals surface area (Å²) in [5, 5.41) is 13.9. The molecular formula is C17H23N5O. The van der Waals surface area contributed by atoms with E-state index in [4.69, 9.17) is 0 Å². The highest BCUT2D eigenvalue weighted by Gasteiger charge is 2.17. The molecule has 0 unspecified atom stereocenters. The normalized spacial score (nSPS) is 13.7. The Morgan fingerprint density at radius 2 is 1.96 bits per heavy atom. The number of hydrogen-bond acceptors (Lipinski definition) is 3. The van der Waals surface area contributed by atoms with Crippen molar-refractivity contribution in [1.29, 1.82) is 0 Å². The molecule has 0 spiro atoms. The molecule has 0 aliphatic carbocycles. The van der Waals surface area contributed by atoms with Crippen molar-refractivity contribution >= 4 is 11.7 Å². The topological polar surface area (TPSA) is 71.8 Å². The molecule has 0 bridgehead atoms. The predicted molar refractivity (Wildman–Crippen MR) is 89.3 cm³/mol. The minimum Gasteiger partial charge on any atom is -0.331 e. The van der Waals surface area contributed by atoms with Gasteiger partial charge in [0.25, 0.3) is 0 Å². The van der Waals surface area contributed by atoms with Gasteiger partial charge >= 0.3 is 6.03 Å². The maximum Gasteiger partial charge on any atom is 0.319 e. The monoisotopic (exact) mass is 313 g/mol. The molecule has 2 amide bonds. The number of carbonyl (C=O) groups is 1. The number of carbonyl (C=O) groups excluding carboxylic acids is 1. The van der Waals surface area contributed by atoms with Gasteiger partial charge < -0.3 is 15.2 Å². The van der Waals surface area contributed by atoms with Crippen LogP contribution in [0.3, 0.4) is 0 Å². The summed E-state index contributed by atoms with van der Waals surface area (Å²) in [6.45, 7) is 7.82. The van der Waals surface area contributed by atoms with Crippen LogP contribution in [0.4, 0.5) is 10.5 Å². The summed E-state index contributed by atoms with van der Waals surface area (Å²) in [5.74, 6) is 1.83. The number of fused-ring (bicyclic) bond motifs is 1. The highest BCUT2D eigenvalue weighted by molar-refractivity contribution is 5.89. The van der Waals surface area contributed by atoms with E-state index in [9.17, 15) is 4.79 Å². The van der Waals surface area contributed by atoms with E-state index in [1.807, 2.05) is 24.3 Å². The lowest BCUT2D eigenvalue weighted by atomic mass is 9.87. The van der Waals surface area contributed by atoms with Crippen molar-refractivity contribution < 1.29 is 4.79 Å². The van der Waals surface area contributed by atoms with Crippen molar-refractivity contribution in [2.45, 2.75) is 52.1 Å². The van der Waals surface area contributed by atoms with Crippen LogP contribution in [-0.4, -0.2) is 20.8 Å². The molecule has 6 heteroatoms. The summed E-state index contributed by atoms with van der Waals surface area (Å²) in [4.78, 5) is 12.0. The maximum absolute atomic E-state index is 12.0. The summed E-state index contributed by atoms with van der Waals surface area (Å²) in [5.41, 5.74) is 2.12. The van der Waals surface area contributed by atoms with E-state index in [1.54, 1.807) is 0 Å². The van der Waals surface area contributed by atoms with Crippen LogP contribution in [0, 0.1) is 0 Å². The molecule has 1 aliphatic heterocycles. The van der Waals surface area contributed by atoms with Crippen molar-refractivity contribution in [2.75, 3.05) is 5.32 Å². The van der Waals surface area contributed by atoms with E-state index in [0.717, 1.165) is 36.7 Å². The van der Waals surface area contributed by atoms with Gasteiger partial charge in [-0.1, -0.05) is 32.9 Å². The summed E-state index contributed by atoms with van der Waals surface area (Å²) < 4.78 is 2.08. The van der Waals surface area contributed by atoms with Crippen LogP contribution in [0.15, 0.2) is 24.3 Å². The Morgan fingerprint density at radius 1 is 1.22 bits per heavy atom. The molecule has 0 saturated heterocycles. The number of rotatable bonds is 3. The maximum atomic E-state index is 12.0. The first kappa shape index (κ1) is 15.5. The van der Waals surface area contributed by atoms with Gasteiger partial charge in [0.1, 0.15) is 5.82 Å². The molecule has 6 nitrogen and oxygen atoms in total. The molecule has 0 atom stereocenters. The van der Waals surface area contributed by atoms with Crippen LogP contribution >= 0.6 is 0 Å². The molecule has 0 saturated carbocycles. The average Bonchev–Trinajstić information content (AvgIpc) is 3.08. The second-order valence-corrected chi connectivity index (χ2v) is 6.92. The van der Waals surface area contributed by atoms with Crippen LogP contribution in [0.2, 0.25) is 0 Å². The number of urea groups is 1.